The Kier molecular flexibility index (Phi) is 4.85. The van der Waals surface area contributed by atoms with Crippen molar-refractivity contribution >= 4 is 5.91 Å². The Morgan fingerprint density at radius 2 is 1.95 bits per heavy atom. The minimum Gasteiger partial charge on any atom is -0.381 e. The maximum atomic E-state index is 12.9. The summed E-state index contributed by atoms with van der Waals surface area (Å²) in [7, 11) is 0. The number of hydrogen-bond acceptors (Lipinski definition) is 2. The number of halogens is 2. The zero-order valence-electron chi connectivity index (χ0n) is 10.6. The first-order valence-corrected chi connectivity index (χ1v) is 6.47. The molecule has 0 saturated heterocycles. The van der Waals surface area contributed by atoms with Crippen molar-refractivity contribution in [1.29, 1.82) is 0 Å². The van der Waals surface area contributed by atoms with E-state index in [2.05, 4.69) is 5.32 Å². The fraction of sp³-hybridized carbons (Fsp3) is 0.500. The molecular weight excluding hydrogens is 252 g/mol. The number of ether oxygens (including phenoxy) is 1. The first kappa shape index (κ1) is 13.9. The molecule has 19 heavy (non-hydrogen) atoms. The number of rotatable bonds is 7. The van der Waals surface area contributed by atoms with Crippen molar-refractivity contribution in [1.82, 2.24) is 5.32 Å². The molecule has 1 N–H and O–H groups in total. The standard InChI is InChI=1S/C14H17F2NO2/c15-12-6-11(7-13(16)8-12)14(18)17-4-1-5-19-9-10-2-3-10/h6-8,10H,1-5,9H2,(H,17,18). The Balaban J connectivity index is 1.65. The van der Waals surface area contributed by atoms with Crippen molar-refractivity contribution in [3.8, 4) is 0 Å². The van der Waals surface area contributed by atoms with Gasteiger partial charge in [-0.1, -0.05) is 0 Å². The van der Waals surface area contributed by atoms with Crippen LogP contribution in [0.25, 0.3) is 0 Å². The van der Waals surface area contributed by atoms with Gasteiger partial charge in [-0.2, -0.15) is 0 Å². The third-order valence-electron chi connectivity index (χ3n) is 2.93. The highest BCUT2D eigenvalue weighted by atomic mass is 19.1. The van der Waals surface area contributed by atoms with Gasteiger partial charge in [0.25, 0.3) is 5.91 Å². The molecule has 0 unspecified atom stereocenters. The summed E-state index contributed by atoms with van der Waals surface area (Å²) in [6, 6.07) is 2.77. The summed E-state index contributed by atoms with van der Waals surface area (Å²) < 4.78 is 31.2. The van der Waals surface area contributed by atoms with E-state index in [1.165, 1.54) is 12.8 Å². The molecule has 1 aromatic carbocycles. The molecule has 1 aliphatic rings. The fourth-order valence-electron chi connectivity index (χ4n) is 1.70. The summed E-state index contributed by atoms with van der Waals surface area (Å²) >= 11 is 0. The summed E-state index contributed by atoms with van der Waals surface area (Å²) in [6.45, 7) is 1.82. The van der Waals surface area contributed by atoms with Gasteiger partial charge in [0.2, 0.25) is 0 Å². The zero-order valence-corrected chi connectivity index (χ0v) is 10.6. The molecule has 0 aliphatic heterocycles. The van der Waals surface area contributed by atoms with Crippen LogP contribution in [0.1, 0.15) is 29.6 Å². The molecule has 0 bridgehead atoms. The number of nitrogens with one attached hydrogen (secondary N) is 1. The van der Waals surface area contributed by atoms with Gasteiger partial charge in [0.15, 0.2) is 0 Å². The van der Waals surface area contributed by atoms with Crippen LogP contribution in [0.4, 0.5) is 8.78 Å². The molecule has 1 aliphatic carbocycles. The van der Waals surface area contributed by atoms with Gasteiger partial charge in [-0.15, -0.1) is 0 Å². The lowest BCUT2D eigenvalue weighted by Crippen LogP contribution is -2.25. The lowest BCUT2D eigenvalue weighted by Gasteiger charge is -2.06. The Morgan fingerprint density at radius 1 is 1.26 bits per heavy atom. The predicted octanol–water partition coefficient (Wildman–Crippen LogP) is 2.51. The maximum Gasteiger partial charge on any atom is 0.251 e. The van der Waals surface area contributed by atoms with Gasteiger partial charge < -0.3 is 10.1 Å². The fourth-order valence-corrected chi connectivity index (χ4v) is 1.70. The second kappa shape index (κ2) is 6.61. The van der Waals surface area contributed by atoms with Crippen LogP contribution in [0.3, 0.4) is 0 Å². The lowest BCUT2D eigenvalue weighted by atomic mass is 10.2. The van der Waals surface area contributed by atoms with Crippen molar-refractivity contribution in [2.75, 3.05) is 19.8 Å². The number of amides is 1. The molecule has 0 radical (unpaired) electrons. The Labute approximate surface area is 111 Å². The number of carbonyl (C=O) groups is 1. The van der Waals surface area contributed by atoms with E-state index in [-0.39, 0.29) is 5.56 Å². The Morgan fingerprint density at radius 3 is 2.58 bits per heavy atom. The van der Waals surface area contributed by atoms with Gasteiger partial charge in [-0.05, 0) is 37.3 Å². The second-order valence-electron chi connectivity index (χ2n) is 4.79. The molecule has 5 heteroatoms. The zero-order chi connectivity index (χ0) is 13.7. The minimum atomic E-state index is -0.752. The van der Waals surface area contributed by atoms with E-state index >= 15 is 0 Å². The van der Waals surface area contributed by atoms with Gasteiger partial charge in [0, 0.05) is 31.4 Å². The smallest absolute Gasteiger partial charge is 0.251 e. The summed E-state index contributed by atoms with van der Waals surface area (Å²) in [5, 5.41) is 2.60. The Hall–Kier alpha value is -1.49. The van der Waals surface area contributed by atoms with E-state index < -0.39 is 17.5 Å². The van der Waals surface area contributed by atoms with Gasteiger partial charge in [-0.3, -0.25) is 4.79 Å². The van der Waals surface area contributed by atoms with E-state index in [9.17, 15) is 13.6 Å². The highest BCUT2D eigenvalue weighted by Crippen LogP contribution is 2.28. The molecule has 0 spiro atoms. The highest BCUT2D eigenvalue weighted by molar-refractivity contribution is 5.94. The van der Waals surface area contributed by atoms with Crippen LogP contribution < -0.4 is 5.32 Å². The number of benzene rings is 1. The maximum absolute atomic E-state index is 12.9. The van der Waals surface area contributed by atoms with Crippen LogP contribution >= 0.6 is 0 Å². The van der Waals surface area contributed by atoms with Crippen molar-refractivity contribution < 1.29 is 18.3 Å². The van der Waals surface area contributed by atoms with Gasteiger partial charge in [-0.25, -0.2) is 8.78 Å². The highest BCUT2D eigenvalue weighted by Gasteiger charge is 2.20. The first-order valence-electron chi connectivity index (χ1n) is 6.47. The quantitative estimate of drug-likeness (QED) is 0.772. The third kappa shape index (κ3) is 4.95. The monoisotopic (exact) mass is 269 g/mol. The van der Waals surface area contributed by atoms with Crippen LogP contribution in [-0.4, -0.2) is 25.7 Å². The topological polar surface area (TPSA) is 38.3 Å². The van der Waals surface area contributed by atoms with E-state index in [0.717, 1.165) is 30.7 Å². The minimum absolute atomic E-state index is 0.00333. The second-order valence-corrected chi connectivity index (χ2v) is 4.79. The summed E-state index contributed by atoms with van der Waals surface area (Å²) in [4.78, 5) is 11.6. The first-order chi connectivity index (χ1) is 9.15. The van der Waals surface area contributed by atoms with E-state index in [4.69, 9.17) is 4.74 Å². The van der Waals surface area contributed by atoms with Crippen LogP contribution in [-0.2, 0) is 4.74 Å². The van der Waals surface area contributed by atoms with Crippen LogP contribution in [0.2, 0.25) is 0 Å². The van der Waals surface area contributed by atoms with E-state index in [0.29, 0.717) is 19.6 Å². The van der Waals surface area contributed by atoms with Gasteiger partial charge in [0.1, 0.15) is 11.6 Å². The molecule has 1 aromatic rings. The Bertz CT molecular complexity index is 427. The average molecular weight is 269 g/mol. The van der Waals surface area contributed by atoms with Crippen molar-refractivity contribution in [2.45, 2.75) is 19.3 Å². The predicted molar refractivity (Wildman–Crippen MR) is 66.9 cm³/mol. The normalized spacial score (nSPS) is 14.4. The molecule has 0 aromatic heterocycles. The largest absolute Gasteiger partial charge is 0.381 e. The summed E-state index contributed by atoms with van der Waals surface area (Å²) in [5.74, 6) is -1.25. The van der Waals surface area contributed by atoms with Crippen molar-refractivity contribution in [2.24, 2.45) is 5.92 Å². The van der Waals surface area contributed by atoms with E-state index in [1.54, 1.807) is 0 Å². The molecule has 0 heterocycles. The molecule has 2 rings (SSSR count). The molecule has 104 valence electrons. The van der Waals surface area contributed by atoms with Gasteiger partial charge >= 0.3 is 0 Å². The number of carbonyl (C=O) groups excluding carboxylic acids is 1. The molecule has 3 nitrogen and oxygen atoms in total. The SMILES string of the molecule is O=C(NCCCOCC1CC1)c1cc(F)cc(F)c1. The summed E-state index contributed by atoms with van der Waals surface area (Å²) in [5.41, 5.74) is -0.00333. The summed E-state index contributed by atoms with van der Waals surface area (Å²) in [6.07, 6.45) is 3.19. The number of hydrogen-bond donors (Lipinski definition) is 1. The molecule has 1 fully saturated rings. The molecule has 1 amide bonds. The molecular formula is C14H17F2NO2. The van der Waals surface area contributed by atoms with Gasteiger partial charge in [0.05, 0.1) is 0 Å². The third-order valence-corrected chi connectivity index (χ3v) is 2.93. The van der Waals surface area contributed by atoms with Crippen LogP contribution in [0.15, 0.2) is 18.2 Å². The van der Waals surface area contributed by atoms with E-state index in [1.807, 2.05) is 0 Å². The molecule has 1 saturated carbocycles. The van der Waals surface area contributed by atoms with Crippen LogP contribution in [0.5, 0.6) is 0 Å². The molecule has 0 atom stereocenters. The average Bonchev–Trinajstić information content (AvgIpc) is 3.16. The van der Waals surface area contributed by atoms with Crippen molar-refractivity contribution in [3.05, 3.63) is 35.4 Å². The van der Waals surface area contributed by atoms with Crippen LogP contribution in [0, 0.1) is 17.6 Å². The lowest BCUT2D eigenvalue weighted by molar-refractivity contribution is 0.0936. The van der Waals surface area contributed by atoms with Crippen molar-refractivity contribution in [3.63, 3.8) is 0 Å².